The molecule has 1 aromatic carbocycles. The van der Waals surface area contributed by atoms with Crippen LogP contribution >= 0.6 is 0 Å². The number of hydrogen-bond donors (Lipinski definition) is 1. The second kappa shape index (κ2) is 7.44. The molecule has 1 fully saturated rings. The fourth-order valence-corrected chi connectivity index (χ4v) is 2.99. The predicted molar refractivity (Wildman–Crippen MR) is 82.6 cm³/mol. The number of benzene rings is 1. The Balaban J connectivity index is 1.74. The lowest BCUT2D eigenvalue weighted by Crippen LogP contribution is -2.40. The zero-order valence-electron chi connectivity index (χ0n) is 12.6. The standard InChI is InChI=1S/C17H26N2O/c1-19(2)16-10-6-9-15(13-16)17(20)18-12-11-14-7-4-3-5-8-14/h3-5,7-8,15-16H,6,9-13H2,1-2H3,(H,18,20). The highest BCUT2D eigenvalue weighted by Gasteiger charge is 2.27. The van der Waals surface area contributed by atoms with Crippen molar-refractivity contribution >= 4 is 5.91 Å². The summed E-state index contributed by atoms with van der Waals surface area (Å²) in [5.74, 6) is 0.444. The number of carbonyl (C=O) groups excluding carboxylic acids is 1. The molecule has 1 N–H and O–H groups in total. The van der Waals surface area contributed by atoms with Gasteiger partial charge in [0.25, 0.3) is 0 Å². The Kier molecular flexibility index (Phi) is 5.60. The molecule has 110 valence electrons. The predicted octanol–water partition coefficient (Wildman–Crippen LogP) is 2.47. The molecule has 2 atom stereocenters. The largest absolute Gasteiger partial charge is 0.356 e. The van der Waals surface area contributed by atoms with E-state index >= 15 is 0 Å². The van der Waals surface area contributed by atoms with Gasteiger partial charge in [0.15, 0.2) is 0 Å². The maximum atomic E-state index is 12.2. The first-order chi connectivity index (χ1) is 9.66. The summed E-state index contributed by atoms with van der Waals surface area (Å²) in [5, 5.41) is 3.10. The highest BCUT2D eigenvalue weighted by atomic mass is 16.1. The van der Waals surface area contributed by atoms with E-state index in [2.05, 4.69) is 36.4 Å². The Labute approximate surface area is 122 Å². The third kappa shape index (κ3) is 4.34. The van der Waals surface area contributed by atoms with E-state index in [0.717, 1.165) is 25.8 Å². The molecule has 1 amide bonds. The first-order valence-electron chi connectivity index (χ1n) is 7.65. The summed E-state index contributed by atoms with van der Waals surface area (Å²) in [7, 11) is 4.22. The Morgan fingerprint density at radius 1 is 1.25 bits per heavy atom. The molecule has 1 aliphatic carbocycles. The van der Waals surface area contributed by atoms with Gasteiger partial charge in [0.1, 0.15) is 0 Å². The van der Waals surface area contributed by atoms with E-state index in [9.17, 15) is 4.79 Å². The monoisotopic (exact) mass is 274 g/mol. The fraction of sp³-hybridized carbons (Fsp3) is 0.588. The van der Waals surface area contributed by atoms with Crippen LogP contribution in [0.4, 0.5) is 0 Å². The zero-order chi connectivity index (χ0) is 14.4. The minimum Gasteiger partial charge on any atom is -0.356 e. The smallest absolute Gasteiger partial charge is 0.223 e. The van der Waals surface area contributed by atoms with Gasteiger partial charge in [-0.2, -0.15) is 0 Å². The lowest BCUT2D eigenvalue weighted by atomic mass is 9.84. The summed E-state index contributed by atoms with van der Waals surface area (Å²) >= 11 is 0. The minimum absolute atomic E-state index is 0.201. The van der Waals surface area contributed by atoms with Gasteiger partial charge in [0, 0.05) is 18.5 Å². The molecule has 1 aliphatic rings. The van der Waals surface area contributed by atoms with Crippen molar-refractivity contribution in [2.75, 3.05) is 20.6 Å². The van der Waals surface area contributed by atoms with E-state index in [1.165, 1.54) is 18.4 Å². The number of amides is 1. The number of rotatable bonds is 5. The average Bonchev–Trinajstić information content (AvgIpc) is 2.48. The maximum Gasteiger partial charge on any atom is 0.223 e. The van der Waals surface area contributed by atoms with Crippen LogP contribution in [0, 0.1) is 5.92 Å². The van der Waals surface area contributed by atoms with E-state index in [1.807, 2.05) is 18.2 Å². The molecule has 1 aromatic rings. The van der Waals surface area contributed by atoms with Crippen LogP contribution in [0.3, 0.4) is 0 Å². The molecular weight excluding hydrogens is 248 g/mol. The van der Waals surface area contributed by atoms with Gasteiger partial charge in [-0.25, -0.2) is 0 Å². The molecule has 2 rings (SSSR count). The molecule has 3 nitrogen and oxygen atoms in total. The topological polar surface area (TPSA) is 32.3 Å². The molecule has 0 saturated heterocycles. The number of carbonyl (C=O) groups is 1. The van der Waals surface area contributed by atoms with Crippen LogP contribution < -0.4 is 5.32 Å². The van der Waals surface area contributed by atoms with E-state index in [1.54, 1.807) is 0 Å². The molecule has 0 heterocycles. The molecule has 2 unspecified atom stereocenters. The van der Waals surface area contributed by atoms with Crippen LogP contribution in [0.5, 0.6) is 0 Å². The molecule has 0 aromatic heterocycles. The third-order valence-electron chi connectivity index (χ3n) is 4.30. The number of nitrogens with one attached hydrogen (secondary N) is 1. The summed E-state index contributed by atoms with van der Waals surface area (Å²) in [6, 6.07) is 10.9. The Bertz CT molecular complexity index is 416. The van der Waals surface area contributed by atoms with Crippen molar-refractivity contribution in [1.82, 2.24) is 10.2 Å². The molecule has 1 saturated carbocycles. The van der Waals surface area contributed by atoms with Crippen LogP contribution in [0.15, 0.2) is 30.3 Å². The highest BCUT2D eigenvalue weighted by molar-refractivity contribution is 5.78. The Hall–Kier alpha value is -1.35. The van der Waals surface area contributed by atoms with Crippen molar-refractivity contribution in [2.24, 2.45) is 5.92 Å². The molecule has 0 spiro atoms. The third-order valence-corrected chi connectivity index (χ3v) is 4.30. The average molecular weight is 274 g/mol. The van der Waals surface area contributed by atoms with Gasteiger partial charge in [-0.3, -0.25) is 4.79 Å². The van der Waals surface area contributed by atoms with Crippen LogP contribution in [0.25, 0.3) is 0 Å². The number of hydrogen-bond acceptors (Lipinski definition) is 2. The van der Waals surface area contributed by atoms with Crippen molar-refractivity contribution in [3.63, 3.8) is 0 Å². The van der Waals surface area contributed by atoms with Crippen molar-refractivity contribution in [1.29, 1.82) is 0 Å². The number of nitrogens with zero attached hydrogens (tertiary/aromatic N) is 1. The van der Waals surface area contributed by atoms with Crippen LogP contribution in [-0.2, 0) is 11.2 Å². The first kappa shape index (κ1) is 15.0. The van der Waals surface area contributed by atoms with Crippen LogP contribution in [-0.4, -0.2) is 37.5 Å². The van der Waals surface area contributed by atoms with Gasteiger partial charge in [-0.15, -0.1) is 0 Å². The zero-order valence-corrected chi connectivity index (χ0v) is 12.6. The Morgan fingerprint density at radius 2 is 2.00 bits per heavy atom. The lowest BCUT2D eigenvalue weighted by Gasteiger charge is -2.32. The normalized spacial score (nSPS) is 22.8. The summed E-state index contributed by atoms with van der Waals surface area (Å²) in [5.41, 5.74) is 1.28. The van der Waals surface area contributed by atoms with Crippen LogP contribution in [0.1, 0.15) is 31.2 Å². The molecular formula is C17H26N2O. The second-order valence-electron chi connectivity index (χ2n) is 6.01. The molecule has 20 heavy (non-hydrogen) atoms. The lowest BCUT2D eigenvalue weighted by molar-refractivity contribution is -0.126. The molecule has 0 aliphatic heterocycles. The van der Waals surface area contributed by atoms with Gasteiger partial charge in [0.2, 0.25) is 5.91 Å². The van der Waals surface area contributed by atoms with Crippen LogP contribution in [0.2, 0.25) is 0 Å². The summed E-state index contributed by atoms with van der Waals surface area (Å²) in [6.45, 7) is 0.742. The van der Waals surface area contributed by atoms with E-state index in [4.69, 9.17) is 0 Å². The van der Waals surface area contributed by atoms with Gasteiger partial charge in [-0.05, 0) is 45.3 Å². The second-order valence-corrected chi connectivity index (χ2v) is 6.01. The van der Waals surface area contributed by atoms with E-state index in [0.29, 0.717) is 6.04 Å². The van der Waals surface area contributed by atoms with Crippen molar-refractivity contribution in [2.45, 2.75) is 38.1 Å². The van der Waals surface area contributed by atoms with Gasteiger partial charge in [0.05, 0.1) is 0 Å². The van der Waals surface area contributed by atoms with Gasteiger partial charge in [-0.1, -0.05) is 36.8 Å². The quantitative estimate of drug-likeness (QED) is 0.894. The summed E-state index contributed by atoms with van der Waals surface area (Å²) in [4.78, 5) is 14.5. The first-order valence-corrected chi connectivity index (χ1v) is 7.65. The molecule has 3 heteroatoms. The molecule has 0 bridgehead atoms. The SMILES string of the molecule is CN(C)C1CCCC(C(=O)NCCc2ccccc2)C1. The van der Waals surface area contributed by atoms with Crippen molar-refractivity contribution in [3.8, 4) is 0 Å². The van der Waals surface area contributed by atoms with Gasteiger partial charge < -0.3 is 10.2 Å². The minimum atomic E-state index is 0.201. The summed E-state index contributed by atoms with van der Waals surface area (Å²) in [6.07, 6.45) is 5.35. The van der Waals surface area contributed by atoms with Crippen molar-refractivity contribution < 1.29 is 4.79 Å². The highest BCUT2D eigenvalue weighted by Crippen LogP contribution is 2.26. The summed E-state index contributed by atoms with van der Waals surface area (Å²) < 4.78 is 0. The van der Waals surface area contributed by atoms with E-state index < -0.39 is 0 Å². The van der Waals surface area contributed by atoms with Crippen molar-refractivity contribution in [3.05, 3.63) is 35.9 Å². The fourth-order valence-electron chi connectivity index (χ4n) is 2.99. The molecule has 0 radical (unpaired) electrons. The Morgan fingerprint density at radius 3 is 2.70 bits per heavy atom. The maximum absolute atomic E-state index is 12.2. The van der Waals surface area contributed by atoms with E-state index in [-0.39, 0.29) is 11.8 Å². The van der Waals surface area contributed by atoms with Gasteiger partial charge >= 0.3 is 0 Å².